The molecule has 1 aromatic carbocycles. The number of nitrogens with zero attached hydrogens (tertiary/aromatic N) is 3. The quantitative estimate of drug-likeness (QED) is 0.437. The summed E-state index contributed by atoms with van der Waals surface area (Å²) in [5.74, 6) is 0. The van der Waals surface area contributed by atoms with Crippen LogP contribution in [0, 0.1) is 0 Å². The van der Waals surface area contributed by atoms with Gasteiger partial charge in [-0.2, -0.15) is 0 Å². The molecule has 0 aliphatic rings. The molecule has 0 spiro atoms. The fraction of sp³-hybridized carbons (Fsp3) is 0.333. The van der Waals surface area contributed by atoms with Crippen LogP contribution in [-0.4, -0.2) is 11.7 Å². The molecular formula is C9H14N4O. The van der Waals surface area contributed by atoms with Gasteiger partial charge in [0.15, 0.2) is 0 Å². The lowest BCUT2D eigenvalue weighted by atomic mass is 10.1. The largest absolute Gasteiger partial charge is 0.396 e. The van der Waals surface area contributed by atoms with Crippen molar-refractivity contribution in [2.75, 3.05) is 6.61 Å². The van der Waals surface area contributed by atoms with Gasteiger partial charge in [-0.3, -0.25) is 0 Å². The number of rotatable bonds is 4. The average Bonchev–Trinajstić information content (AvgIpc) is 2.17. The molecule has 0 fully saturated rings. The molecule has 0 heterocycles. The Morgan fingerprint density at radius 1 is 1.29 bits per heavy atom. The summed E-state index contributed by atoms with van der Waals surface area (Å²) in [5.41, 5.74) is 9.92. The van der Waals surface area contributed by atoms with Crippen LogP contribution in [0.3, 0.4) is 0 Å². The van der Waals surface area contributed by atoms with E-state index in [1.54, 1.807) is 12.1 Å². The summed E-state index contributed by atoms with van der Waals surface area (Å²) in [5, 5.41) is 12.1. The van der Waals surface area contributed by atoms with Gasteiger partial charge in [-0.05, 0) is 23.9 Å². The molecule has 0 aliphatic carbocycles. The zero-order valence-corrected chi connectivity index (χ0v) is 7.93. The fourth-order valence-corrected chi connectivity index (χ4v) is 1.06. The van der Waals surface area contributed by atoms with Crippen LogP contribution in [0.4, 0.5) is 5.69 Å². The summed E-state index contributed by atoms with van der Waals surface area (Å²) in [4.78, 5) is 2.68. The molecule has 0 unspecified atom stereocenters. The lowest BCUT2D eigenvalue weighted by Gasteiger charge is -1.98. The molecule has 5 nitrogen and oxygen atoms in total. The highest BCUT2D eigenvalue weighted by molar-refractivity contribution is 5.38. The van der Waals surface area contributed by atoms with Crippen LogP contribution in [0.15, 0.2) is 29.4 Å². The van der Waals surface area contributed by atoms with Gasteiger partial charge in [-0.15, -0.1) is 0 Å². The van der Waals surface area contributed by atoms with Crippen LogP contribution in [0.5, 0.6) is 0 Å². The molecule has 5 heteroatoms. The first-order chi connectivity index (χ1) is 6.36. The van der Waals surface area contributed by atoms with E-state index >= 15 is 0 Å². The standard InChI is InChI=1S/C9H11N3O.H3N/c10-12-11-9-5-3-8(4-6-9)2-1-7-13;/h3-6,13H,1-2,7H2;1H3. The number of azide groups is 1. The van der Waals surface area contributed by atoms with E-state index in [9.17, 15) is 0 Å². The van der Waals surface area contributed by atoms with Crippen molar-refractivity contribution in [3.8, 4) is 0 Å². The third kappa shape index (κ3) is 3.91. The van der Waals surface area contributed by atoms with Gasteiger partial charge in [-0.25, -0.2) is 0 Å². The maximum Gasteiger partial charge on any atom is 0.0434 e. The van der Waals surface area contributed by atoms with Gasteiger partial charge in [-0.1, -0.05) is 29.4 Å². The molecule has 76 valence electrons. The van der Waals surface area contributed by atoms with Gasteiger partial charge in [0.05, 0.1) is 0 Å². The van der Waals surface area contributed by atoms with Crippen molar-refractivity contribution < 1.29 is 5.11 Å². The summed E-state index contributed by atoms with van der Waals surface area (Å²) < 4.78 is 0. The maximum absolute atomic E-state index is 8.60. The van der Waals surface area contributed by atoms with Crippen LogP contribution in [0.2, 0.25) is 0 Å². The number of aryl methyl sites for hydroxylation is 1. The molecule has 0 bridgehead atoms. The molecule has 4 N–H and O–H groups in total. The SMILES string of the molecule is N.[N-]=[N+]=Nc1ccc(CCCO)cc1. The predicted molar refractivity (Wildman–Crippen MR) is 55.7 cm³/mol. The van der Waals surface area contributed by atoms with E-state index in [2.05, 4.69) is 10.0 Å². The normalized spacial score (nSPS) is 8.64. The van der Waals surface area contributed by atoms with E-state index in [1.165, 1.54) is 0 Å². The predicted octanol–water partition coefficient (Wildman–Crippen LogP) is 2.72. The minimum Gasteiger partial charge on any atom is -0.396 e. The lowest BCUT2D eigenvalue weighted by molar-refractivity contribution is 0.288. The van der Waals surface area contributed by atoms with E-state index in [4.69, 9.17) is 10.6 Å². The molecule has 0 aliphatic heterocycles. The Kier molecular flexibility index (Phi) is 6.15. The first-order valence-electron chi connectivity index (χ1n) is 4.11. The Labute approximate surface area is 82.6 Å². The summed E-state index contributed by atoms with van der Waals surface area (Å²) >= 11 is 0. The molecule has 0 aromatic heterocycles. The molecule has 1 rings (SSSR count). The van der Waals surface area contributed by atoms with E-state index < -0.39 is 0 Å². The summed E-state index contributed by atoms with van der Waals surface area (Å²) in [7, 11) is 0. The zero-order valence-electron chi connectivity index (χ0n) is 7.93. The van der Waals surface area contributed by atoms with E-state index in [-0.39, 0.29) is 12.8 Å². The average molecular weight is 194 g/mol. The maximum atomic E-state index is 8.60. The van der Waals surface area contributed by atoms with Crippen molar-refractivity contribution in [1.29, 1.82) is 0 Å². The first kappa shape index (κ1) is 12.4. The van der Waals surface area contributed by atoms with Crippen molar-refractivity contribution in [2.45, 2.75) is 12.8 Å². The van der Waals surface area contributed by atoms with E-state index in [0.717, 1.165) is 18.4 Å². The van der Waals surface area contributed by atoms with Crippen molar-refractivity contribution in [3.05, 3.63) is 40.3 Å². The number of benzene rings is 1. The second-order valence-corrected chi connectivity index (χ2v) is 2.68. The highest BCUT2D eigenvalue weighted by atomic mass is 16.2. The van der Waals surface area contributed by atoms with Gasteiger partial charge in [0.2, 0.25) is 0 Å². The van der Waals surface area contributed by atoms with Crippen molar-refractivity contribution >= 4 is 5.69 Å². The minimum absolute atomic E-state index is 0. The monoisotopic (exact) mass is 194 g/mol. The molecule has 0 saturated carbocycles. The highest BCUT2D eigenvalue weighted by Gasteiger charge is 1.92. The van der Waals surface area contributed by atoms with Gasteiger partial charge < -0.3 is 11.3 Å². The third-order valence-electron chi connectivity index (χ3n) is 1.72. The Morgan fingerprint density at radius 3 is 2.43 bits per heavy atom. The van der Waals surface area contributed by atoms with Crippen LogP contribution in [0.1, 0.15) is 12.0 Å². The van der Waals surface area contributed by atoms with Crippen LogP contribution in [0.25, 0.3) is 10.4 Å². The Hall–Kier alpha value is -1.55. The summed E-state index contributed by atoms with van der Waals surface area (Å²) in [6, 6.07) is 7.35. The second kappa shape index (κ2) is 6.91. The smallest absolute Gasteiger partial charge is 0.0434 e. The fourth-order valence-electron chi connectivity index (χ4n) is 1.06. The van der Waals surface area contributed by atoms with Gasteiger partial charge >= 0.3 is 0 Å². The Bertz CT molecular complexity index is 303. The highest BCUT2D eigenvalue weighted by Crippen LogP contribution is 2.13. The molecular weight excluding hydrogens is 180 g/mol. The summed E-state index contributed by atoms with van der Waals surface area (Å²) in [6.45, 7) is 0.206. The summed E-state index contributed by atoms with van der Waals surface area (Å²) in [6.07, 6.45) is 1.62. The molecule has 0 saturated heterocycles. The molecule has 0 atom stereocenters. The first-order valence-corrected chi connectivity index (χ1v) is 4.11. The van der Waals surface area contributed by atoms with Crippen molar-refractivity contribution in [3.63, 3.8) is 0 Å². The van der Waals surface area contributed by atoms with E-state index in [0.29, 0.717) is 5.69 Å². The van der Waals surface area contributed by atoms with Crippen LogP contribution < -0.4 is 6.15 Å². The molecule has 0 amide bonds. The number of aliphatic hydroxyl groups is 1. The van der Waals surface area contributed by atoms with E-state index in [1.807, 2.05) is 12.1 Å². The van der Waals surface area contributed by atoms with Gasteiger partial charge in [0, 0.05) is 17.2 Å². The zero-order chi connectivity index (χ0) is 9.52. The molecule has 14 heavy (non-hydrogen) atoms. The second-order valence-electron chi connectivity index (χ2n) is 2.68. The third-order valence-corrected chi connectivity index (χ3v) is 1.72. The van der Waals surface area contributed by atoms with Crippen LogP contribution in [-0.2, 0) is 6.42 Å². The lowest BCUT2D eigenvalue weighted by Crippen LogP contribution is -1.88. The molecule has 1 aromatic rings. The van der Waals surface area contributed by atoms with Crippen molar-refractivity contribution in [1.82, 2.24) is 6.15 Å². The van der Waals surface area contributed by atoms with Crippen LogP contribution >= 0.6 is 0 Å². The number of aliphatic hydroxyl groups excluding tert-OH is 1. The van der Waals surface area contributed by atoms with Gasteiger partial charge in [0.1, 0.15) is 0 Å². The Balaban J connectivity index is 0.00000169. The van der Waals surface area contributed by atoms with Crippen molar-refractivity contribution in [2.24, 2.45) is 5.11 Å². The Morgan fingerprint density at radius 2 is 1.93 bits per heavy atom. The molecule has 0 radical (unpaired) electrons. The van der Waals surface area contributed by atoms with Gasteiger partial charge in [0.25, 0.3) is 0 Å². The topological polar surface area (TPSA) is 104 Å². The number of hydrogen-bond donors (Lipinski definition) is 2. The number of hydrogen-bond acceptors (Lipinski definition) is 3. The minimum atomic E-state index is 0.